The fourth-order valence-electron chi connectivity index (χ4n) is 0.123. The molecule has 54 valence electrons. The monoisotopic (exact) mass is 132 g/mol. The Balaban J connectivity index is 0.000000173. The molecule has 9 heavy (non-hydrogen) atoms. The maximum atomic E-state index is 9.38. The first-order valence-electron chi connectivity index (χ1n) is 3.13. The molecule has 0 saturated heterocycles. The molecule has 1 aliphatic carbocycles. The minimum Gasteiger partial charge on any atom is -0.450 e. The van der Waals surface area contributed by atoms with Gasteiger partial charge in [-0.2, -0.15) is 0 Å². The molecule has 0 aromatic carbocycles. The van der Waals surface area contributed by atoms with Gasteiger partial charge in [0, 0.05) is 0 Å². The first-order chi connectivity index (χ1) is 4.27. The molecule has 0 bridgehead atoms. The van der Waals surface area contributed by atoms with Crippen molar-refractivity contribution in [2.45, 2.75) is 26.2 Å². The summed E-state index contributed by atoms with van der Waals surface area (Å²) in [6.07, 6.45) is 3.29. The third kappa shape index (κ3) is 18.9. The van der Waals surface area contributed by atoms with Gasteiger partial charge in [-0.15, -0.1) is 0 Å². The Morgan fingerprint density at radius 3 is 2.00 bits per heavy atom. The van der Waals surface area contributed by atoms with E-state index in [1.54, 1.807) is 6.92 Å². The molecule has 1 saturated carbocycles. The molecule has 0 heterocycles. The van der Waals surface area contributed by atoms with E-state index in [-0.39, 0.29) is 6.61 Å². The van der Waals surface area contributed by atoms with Gasteiger partial charge in [-0.25, -0.2) is 4.79 Å². The van der Waals surface area contributed by atoms with Crippen molar-refractivity contribution in [2.75, 3.05) is 6.61 Å². The van der Waals surface area contributed by atoms with Crippen LogP contribution in [-0.4, -0.2) is 17.9 Å². The van der Waals surface area contributed by atoms with Crippen LogP contribution in [0.4, 0.5) is 4.79 Å². The first-order valence-corrected chi connectivity index (χ1v) is 3.13. The Bertz CT molecular complexity index is 75.6. The van der Waals surface area contributed by atoms with Crippen molar-refractivity contribution in [2.24, 2.45) is 0 Å². The molecule has 0 aromatic rings. The second-order valence-corrected chi connectivity index (χ2v) is 1.76. The predicted octanol–water partition coefficient (Wildman–Crippen LogP) is 1.87. The zero-order valence-electron chi connectivity index (χ0n) is 5.59. The second-order valence-electron chi connectivity index (χ2n) is 1.76. The summed E-state index contributed by atoms with van der Waals surface area (Å²) >= 11 is 0. The highest BCUT2D eigenvalue weighted by Crippen LogP contribution is 2.14. The van der Waals surface area contributed by atoms with E-state index in [0.29, 0.717) is 0 Å². The summed E-state index contributed by atoms with van der Waals surface area (Å²) in [5, 5.41) is 7.69. The van der Waals surface area contributed by atoms with Crippen LogP contribution >= 0.6 is 0 Å². The van der Waals surface area contributed by atoms with Gasteiger partial charge in [0.15, 0.2) is 0 Å². The number of carboxylic acid groups (broad SMARTS) is 1. The molecule has 0 aliphatic heterocycles. The van der Waals surface area contributed by atoms with Crippen molar-refractivity contribution in [1.29, 1.82) is 0 Å². The quantitative estimate of drug-likeness (QED) is 0.554. The lowest BCUT2D eigenvalue weighted by Crippen LogP contribution is -1.97. The third-order valence-electron chi connectivity index (χ3n) is 0.621. The maximum Gasteiger partial charge on any atom is 0.505 e. The molecular weight excluding hydrogens is 120 g/mol. The highest BCUT2D eigenvalue weighted by molar-refractivity contribution is 5.56. The lowest BCUT2D eigenvalue weighted by atomic mass is 10.9. The van der Waals surface area contributed by atoms with Crippen molar-refractivity contribution in [3.05, 3.63) is 0 Å². The van der Waals surface area contributed by atoms with Crippen molar-refractivity contribution < 1.29 is 14.6 Å². The molecule has 3 heteroatoms. The summed E-state index contributed by atoms with van der Waals surface area (Å²) in [6, 6.07) is 0. The van der Waals surface area contributed by atoms with Crippen molar-refractivity contribution in [1.82, 2.24) is 0 Å². The minimum atomic E-state index is -1.21. The van der Waals surface area contributed by atoms with Crippen LogP contribution in [0.2, 0.25) is 0 Å². The van der Waals surface area contributed by atoms with Crippen LogP contribution in [-0.2, 0) is 4.74 Å². The summed E-state index contributed by atoms with van der Waals surface area (Å²) in [6.45, 7) is 1.85. The summed E-state index contributed by atoms with van der Waals surface area (Å²) in [5.74, 6) is 0. The van der Waals surface area contributed by atoms with Gasteiger partial charge in [0.25, 0.3) is 0 Å². The molecular formula is C6H12O3. The SMILES string of the molecule is C1CC1.CCOC(=O)O. The highest BCUT2D eigenvalue weighted by atomic mass is 16.7. The molecule has 0 atom stereocenters. The molecule has 1 aliphatic rings. The average Bonchev–Trinajstić information content (AvgIpc) is 2.45. The zero-order valence-corrected chi connectivity index (χ0v) is 5.59. The number of hydrogen-bond donors (Lipinski definition) is 1. The second kappa shape index (κ2) is 5.41. The van der Waals surface area contributed by atoms with Crippen LogP contribution in [0, 0.1) is 0 Å². The molecule has 0 aromatic heterocycles. The summed E-state index contributed by atoms with van der Waals surface area (Å²) in [4.78, 5) is 9.38. The maximum absolute atomic E-state index is 9.38. The van der Waals surface area contributed by atoms with Gasteiger partial charge in [0.2, 0.25) is 0 Å². The Labute approximate surface area is 54.6 Å². The lowest BCUT2D eigenvalue weighted by Gasteiger charge is -1.87. The minimum absolute atomic E-state index is 0.231. The van der Waals surface area contributed by atoms with E-state index in [9.17, 15) is 4.79 Å². The lowest BCUT2D eigenvalue weighted by molar-refractivity contribution is 0.0966. The fourth-order valence-corrected chi connectivity index (χ4v) is 0.123. The summed E-state index contributed by atoms with van der Waals surface area (Å²) in [7, 11) is 0. The van der Waals surface area contributed by atoms with Crippen LogP contribution in [0.5, 0.6) is 0 Å². The number of carbonyl (C=O) groups is 1. The van der Waals surface area contributed by atoms with Crippen molar-refractivity contribution in [3.8, 4) is 0 Å². The van der Waals surface area contributed by atoms with Crippen LogP contribution in [0.15, 0.2) is 0 Å². The number of ether oxygens (including phenoxy) is 1. The highest BCUT2D eigenvalue weighted by Gasteiger charge is 1.95. The van der Waals surface area contributed by atoms with Crippen molar-refractivity contribution >= 4 is 6.16 Å². The van der Waals surface area contributed by atoms with Crippen LogP contribution in [0.3, 0.4) is 0 Å². The van der Waals surface area contributed by atoms with Gasteiger partial charge in [-0.05, 0) is 6.92 Å². The number of hydrogen-bond acceptors (Lipinski definition) is 2. The van der Waals surface area contributed by atoms with E-state index in [4.69, 9.17) is 5.11 Å². The molecule has 3 nitrogen and oxygen atoms in total. The van der Waals surface area contributed by atoms with Gasteiger partial charge < -0.3 is 9.84 Å². The predicted molar refractivity (Wildman–Crippen MR) is 33.5 cm³/mol. The standard InChI is InChI=1S/C3H6O3.C3H6/c1-2-6-3(4)5;1-2-3-1/h2H2,1H3,(H,4,5);1-3H2. The van der Waals surface area contributed by atoms with Gasteiger partial charge in [0.05, 0.1) is 6.61 Å². The van der Waals surface area contributed by atoms with E-state index in [1.165, 1.54) is 19.3 Å². The molecule has 1 rings (SSSR count). The average molecular weight is 132 g/mol. The summed E-state index contributed by atoms with van der Waals surface area (Å²) in [5.41, 5.74) is 0. The van der Waals surface area contributed by atoms with Gasteiger partial charge in [-0.3, -0.25) is 0 Å². The Morgan fingerprint density at radius 1 is 1.56 bits per heavy atom. The van der Waals surface area contributed by atoms with Crippen LogP contribution < -0.4 is 0 Å². The van der Waals surface area contributed by atoms with Crippen LogP contribution in [0.25, 0.3) is 0 Å². The molecule has 0 amide bonds. The number of rotatable bonds is 1. The van der Waals surface area contributed by atoms with E-state index in [1.807, 2.05) is 0 Å². The Kier molecular flexibility index (Phi) is 4.97. The van der Waals surface area contributed by atoms with E-state index in [0.717, 1.165) is 0 Å². The summed E-state index contributed by atoms with van der Waals surface area (Å²) < 4.78 is 3.96. The third-order valence-corrected chi connectivity index (χ3v) is 0.621. The van der Waals surface area contributed by atoms with Crippen LogP contribution in [0.1, 0.15) is 26.2 Å². The van der Waals surface area contributed by atoms with E-state index < -0.39 is 6.16 Å². The van der Waals surface area contributed by atoms with Gasteiger partial charge in [-0.1, -0.05) is 19.3 Å². The zero-order chi connectivity index (χ0) is 7.11. The fraction of sp³-hybridized carbons (Fsp3) is 0.833. The first kappa shape index (κ1) is 8.27. The molecule has 0 radical (unpaired) electrons. The largest absolute Gasteiger partial charge is 0.505 e. The molecule has 0 unspecified atom stereocenters. The molecule has 1 N–H and O–H groups in total. The Morgan fingerprint density at radius 2 is 2.00 bits per heavy atom. The van der Waals surface area contributed by atoms with Gasteiger partial charge in [0.1, 0.15) is 0 Å². The molecule has 1 fully saturated rings. The van der Waals surface area contributed by atoms with Gasteiger partial charge >= 0.3 is 6.16 Å². The smallest absolute Gasteiger partial charge is 0.450 e. The van der Waals surface area contributed by atoms with Crippen molar-refractivity contribution in [3.63, 3.8) is 0 Å². The van der Waals surface area contributed by atoms with E-state index in [2.05, 4.69) is 4.74 Å². The molecule has 0 spiro atoms. The van der Waals surface area contributed by atoms with E-state index >= 15 is 0 Å². The Hall–Kier alpha value is -0.730. The normalized spacial score (nSPS) is 13.0. The topological polar surface area (TPSA) is 46.5 Å².